The van der Waals surface area contributed by atoms with E-state index in [4.69, 9.17) is 10.8 Å². The highest BCUT2D eigenvalue weighted by Gasteiger charge is 2.11. The summed E-state index contributed by atoms with van der Waals surface area (Å²) >= 11 is 0. The lowest BCUT2D eigenvalue weighted by atomic mass is 10.1. The van der Waals surface area contributed by atoms with E-state index in [1.165, 1.54) is 31.4 Å². The highest BCUT2D eigenvalue weighted by molar-refractivity contribution is 6.44. The lowest BCUT2D eigenvalue weighted by molar-refractivity contribution is -0.112. The van der Waals surface area contributed by atoms with Crippen molar-refractivity contribution in [3.63, 3.8) is 0 Å². The summed E-state index contributed by atoms with van der Waals surface area (Å²) in [7, 11) is 1.29. The summed E-state index contributed by atoms with van der Waals surface area (Å²) in [5, 5.41) is 12.4. The SMILES string of the molecule is CO/N=C(/C([NH])=O)c1ccc(O)cc1. The lowest BCUT2D eigenvalue weighted by Crippen LogP contribution is -2.16. The predicted octanol–water partition coefficient (Wildman–Crippen LogP) is 0.552. The van der Waals surface area contributed by atoms with Gasteiger partial charge < -0.3 is 9.94 Å². The molecule has 2 N–H and O–H groups in total. The molecule has 1 radical (unpaired) electrons. The second kappa shape index (κ2) is 4.27. The molecule has 0 aromatic heterocycles. The first kappa shape index (κ1) is 10.0. The summed E-state index contributed by atoms with van der Waals surface area (Å²) in [5.41, 5.74) is 7.26. The summed E-state index contributed by atoms with van der Waals surface area (Å²) in [6, 6.07) is 5.78. The Morgan fingerprint density at radius 2 is 2.00 bits per heavy atom. The first-order valence-corrected chi connectivity index (χ1v) is 3.81. The number of oxime groups is 1. The van der Waals surface area contributed by atoms with Crippen molar-refractivity contribution in [1.29, 1.82) is 0 Å². The largest absolute Gasteiger partial charge is 0.508 e. The van der Waals surface area contributed by atoms with Gasteiger partial charge in [-0.05, 0) is 24.3 Å². The molecule has 0 heterocycles. The average molecular weight is 193 g/mol. The van der Waals surface area contributed by atoms with Crippen LogP contribution in [0.4, 0.5) is 0 Å². The molecule has 0 spiro atoms. The minimum Gasteiger partial charge on any atom is -0.508 e. The predicted molar refractivity (Wildman–Crippen MR) is 49.8 cm³/mol. The van der Waals surface area contributed by atoms with Gasteiger partial charge >= 0.3 is 0 Å². The molecule has 1 amide bonds. The Hall–Kier alpha value is -2.04. The molecule has 0 bridgehead atoms. The Kier molecular flexibility index (Phi) is 3.06. The van der Waals surface area contributed by atoms with Gasteiger partial charge in [0.25, 0.3) is 5.91 Å². The Morgan fingerprint density at radius 1 is 1.43 bits per heavy atom. The standard InChI is InChI=1S/C9H9N2O3/c1-14-11-8(9(10)13)6-2-4-7(12)5-3-6/h2-5,10,12H,1H3/b11-8+. The van der Waals surface area contributed by atoms with Gasteiger partial charge in [-0.25, -0.2) is 0 Å². The van der Waals surface area contributed by atoms with Gasteiger partial charge in [-0.1, -0.05) is 5.16 Å². The molecule has 0 aliphatic heterocycles. The number of carbonyl (C=O) groups is 1. The molecule has 1 aromatic rings. The molecule has 5 nitrogen and oxygen atoms in total. The van der Waals surface area contributed by atoms with Crippen LogP contribution in [0.5, 0.6) is 5.75 Å². The number of nitrogens with zero attached hydrogens (tertiary/aromatic N) is 1. The molecule has 0 unspecified atom stereocenters. The van der Waals surface area contributed by atoms with Crippen LogP contribution in [0.1, 0.15) is 5.56 Å². The highest BCUT2D eigenvalue weighted by Crippen LogP contribution is 2.10. The van der Waals surface area contributed by atoms with Gasteiger partial charge in [0.15, 0.2) is 5.71 Å². The number of aromatic hydroxyl groups is 1. The summed E-state index contributed by atoms with van der Waals surface area (Å²) in [5.74, 6) is -0.847. The second-order valence-corrected chi connectivity index (χ2v) is 2.50. The van der Waals surface area contributed by atoms with Crippen molar-refractivity contribution in [2.24, 2.45) is 5.16 Å². The molecule has 0 aliphatic rings. The van der Waals surface area contributed by atoms with E-state index in [2.05, 4.69) is 9.99 Å². The van der Waals surface area contributed by atoms with Crippen molar-refractivity contribution >= 4 is 11.6 Å². The molecule has 0 fully saturated rings. The van der Waals surface area contributed by atoms with E-state index in [1.54, 1.807) is 0 Å². The van der Waals surface area contributed by atoms with Crippen molar-refractivity contribution in [1.82, 2.24) is 5.73 Å². The maximum atomic E-state index is 10.8. The normalized spacial score (nSPS) is 11.1. The molecule has 0 atom stereocenters. The molecule has 1 aromatic carbocycles. The summed E-state index contributed by atoms with van der Waals surface area (Å²) in [4.78, 5) is 15.2. The van der Waals surface area contributed by atoms with Crippen molar-refractivity contribution in [2.75, 3.05) is 7.11 Å². The van der Waals surface area contributed by atoms with Crippen molar-refractivity contribution in [3.05, 3.63) is 29.8 Å². The van der Waals surface area contributed by atoms with Crippen LogP contribution in [0.2, 0.25) is 0 Å². The van der Waals surface area contributed by atoms with Crippen LogP contribution < -0.4 is 5.73 Å². The smallest absolute Gasteiger partial charge is 0.292 e. The van der Waals surface area contributed by atoms with Gasteiger partial charge in [-0.15, -0.1) is 0 Å². The molecule has 5 heteroatoms. The van der Waals surface area contributed by atoms with E-state index >= 15 is 0 Å². The van der Waals surface area contributed by atoms with Gasteiger partial charge in [-0.3, -0.25) is 10.5 Å². The van der Waals surface area contributed by atoms with E-state index in [9.17, 15) is 4.79 Å². The number of hydrogen-bond donors (Lipinski definition) is 1. The molecule has 73 valence electrons. The molecule has 1 rings (SSSR count). The number of nitrogens with one attached hydrogen (secondary N) is 1. The monoisotopic (exact) mass is 193 g/mol. The van der Waals surface area contributed by atoms with Crippen LogP contribution in [0, 0.1) is 0 Å². The van der Waals surface area contributed by atoms with Gasteiger partial charge in [-0.2, -0.15) is 0 Å². The van der Waals surface area contributed by atoms with E-state index < -0.39 is 5.91 Å². The lowest BCUT2D eigenvalue weighted by Gasteiger charge is -2.00. The van der Waals surface area contributed by atoms with Gasteiger partial charge in [0.2, 0.25) is 0 Å². The zero-order chi connectivity index (χ0) is 10.6. The minimum absolute atomic E-state index is 0.0861. The van der Waals surface area contributed by atoms with Crippen LogP contribution >= 0.6 is 0 Å². The van der Waals surface area contributed by atoms with E-state index in [0.717, 1.165) is 0 Å². The third kappa shape index (κ3) is 2.22. The van der Waals surface area contributed by atoms with Crippen LogP contribution in [-0.2, 0) is 9.63 Å². The third-order valence-corrected chi connectivity index (χ3v) is 1.54. The molecular weight excluding hydrogens is 184 g/mol. The fraction of sp³-hybridized carbons (Fsp3) is 0.111. The van der Waals surface area contributed by atoms with E-state index in [0.29, 0.717) is 5.56 Å². The van der Waals surface area contributed by atoms with Crippen molar-refractivity contribution in [3.8, 4) is 5.75 Å². The molecule has 0 aliphatic carbocycles. The number of hydrogen-bond acceptors (Lipinski definition) is 4. The minimum atomic E-state index is -0.933. The van der Waals surface area contributed by atoms with Crippen LogP contribution in [0.25, 0.3) is 0 Å². The van der Waals surface area contributed by atoms with Gasteiger partial charge in [0.1, 0.15) is 12.9 Å². The second-order valence-electron chi connectivity index (χ2n) is 2.50. The quantitative estimate of drug-likeness (QED) is 0.562. The summed E-state index contributed by atoms with van der Waals surface area (Å²) in [6.45, 7) is 0. The summed E-state index contributed by atoms with van der Waals surface area (Å²) in [6.07, 6.45) is 0. The number of carbonyl (C=O) groups excluding carboxylic acids is 1. The van der Waals surface area contributed by atoms with E-state index in [-0.39, 0.29) is 11.5 Å². The molecular formula is C9H9N2O3. The van der Waals surface area contributed by atoms with Gasteiger partial charge in [0, 0.05) is 5.56 Å². The average Bonchev–Trinajstić information content (AvgIpc) is 2.15. The number of phenolic OH excluding ortho intramolecular Hbond substituents is 1. The Bertz CT molecular complexity index is 357. The maximum Gasteiger partial charge on any atom is 0.292 e. The van der Waals surface area contributed by atoms with Crippen LogP contribution in [0.3, 0.4) is 0 Å². The highest BCUT2D eigenvalue weighted by atomic mass is 16.6. The zero-order valence-electron chi connectivity index (χ0n) is 7.52. The Morgan fingerprint density at radius 3 is 2.43 bits per heavy atom. The molecule has 0 saturated carbocycles. The number of amides is 1. The Labute approximate surface area is 80.8 Å². The first-order chi connectivity index (χ1) is 6.65. The first-order valence-electron chi connectivity index (χ1n) is 3.81. The fourth-order valence-electron chi connectivity index (χ4n) is 0.936. The van der Waals surface area contributed by atoms with Gasteiger partial charge in [0.05, 0.1) is 0 Å². The number of phenols is 1. The van der Waals surface area contributed by atoms with Crippen LogP contribution in [-0.4, -0.2) is 23.8 Å². The fourth-order valence-corrected chi connectivity index (χ4v) is 0.936. The third-order valence-electron chi connectivity index (χ3n) is 1.54. The summed E-state index contributed by atoms with van der Waals surface area (Å²) < 4.78 is 0. The molecule has 0 saturated heterocycles. The van der Waals surface area contributed by atoms with E-state index in [1.807, 2.05) is 0 Å². The maximum absolute atomic E-state index is 10.8. The van der Waals surface area contributed by atoms with Crippen molar-refractivity contribution < 1.29 is 14.7 Å². The van der Waals surface area contributed by atoms with Crippen molar-refractivity contribution in [2.45, 2.75) is 0 Å². The topological polar surface area (TPSA) is 82.7 Å². The zero-order valence-corrected chi connectivity index (χ0v) is 7.52. The Balaban J connectivity index is 3.06. The van der Waals surface area contributed by atoms with Crippen LogP contribution in [0.15, 0.2) is 29.4 Å². The number of rotatable bonds is 3. The number of benzene rings is 1. The molecule has 14 heavy (non-hydrogen) atoms.